The van der Waals surface area contributed by atoms with E-state index >= 15 is 0 Å². The minimum absolute atomic E-state index is 0.252. The number of pyridine rings is 1. The van der Waals surface area contributed by atoms with Crippen LogP contribution in [0.25, 0.3) is 0 Å². The van der Waals surface area contributed by atoms with Crippen molar-refractivity contribution < 1.29 is 5.11 Å². The molecule has 0 saturated carbocycles. The lowest BCUT2D eigenvalue weighted by Crippen LogP contribution is -2.36. The molecule has 0 radical (unpaired) electrons. The Bertz CT molecular complexity index is 650. The number of hydrazine groups is 2. The van der Waals surface area contributed by atoms with E-state index in [0.717, 1.165) is 12.1 Å². The molecule has 5 heteroatoms. The van der Waals surface area contributed by atoms with Crippen molar-refractivity contribution in [3.05, 3.63) is 78.4 Å². The van der Waals surface area contributed by atoms with Gasteiger partial charge in [-0.3, -0.25) is 15.8 Å². The second kappa shape index (κ2) is 6.00. The summed E-state index contributed by atoms with van der Waals surface area (Å²) in [4.78, 5) is 4.01. The molecule has 0 amide bonds. The van der Waals surface area contributed by atoms with Gasteiger partial charge in [-0.25, -0.2) is 5.12 Å². The van der Waals surface area contributed by atoms with Crippen molar-refractivity contribution in [2.45, 2.75) is 6.42 Å². The lowest BCUT2D eigenvalue weighted by atomic mass is 10.1. The molecule has 0 aliphatic carbocycles. The number of allylic oxidation sites excluding steroid dienone is 2. The van der Waals surface area contributed by atoms with Gasteiger partial charge in [-0.1, -0.05) is 0 Å². The monoisotopic (exact) mass is 280 g/mol. The number of hydrogen-bond donors (Lipinski definition) is 3. The van der Waals surface area contributed by atoms with Gasteiger partial charge in [0, 0.05) is 24.8 Å². The van der Waals surface area contributed by atoms with Crippen LogP contribution in [0.15, 0.2) is 72.8 Å². The SMILES string of the molecule is Oc1ccc(NN2C=CC(Cc3ccncc3)=CN2)cc1. The van der Waals surface area contributed by atoms with Gasteiger partial charge in [-0.2, -0.15) is 0 Å². The number of benzene rings is 1. The summed E-state index contributed by atoms with van der Waals surface area (Å²) in [5, 5.41) is 11.0. The highest BCUT2D eigenvalue weighted by atomic mass is 16.3. The Morgan fingerprint density at radius 3 is 2.52 bits per heavy atom. The molecule has 0 unspecified atom stereocenters. The second-order valence-electron chi connectivity index (χ2n) is 4.73. The molecular formula is C16H16N4O. The standard InChI is InChI=1S/C16H16N4O/c21-16-3-1-15(2-4-16)19-20-10-7-14(12-18-20)11-13-5-8-17-9-6-13/h1-10,12,18-19,21H,11H2. The largest absolute Gasteiger partial charge is 0.508 e. The summed E-state index contributed by atoms with van der Waals surface area (Å²) in [6, 6.07) is 10.9. The topological polar surface area (TPSA) is 60.4 Å². The molecule has 1 aromatic heterocycles. The number of phenols is 1. The minimum atomic E-state index is 0.252. The van der Waals surface area contributed by atoms with E-state index in [1.807, 2.05) is 30.6 Å². The molecule has 0 saturated heterocycles. The zero-order valence-electron chi connectivity index (χ0n) is 11.4. The number of aromatic hydroxyl groups is 1. The first-order chi connectivity index (χ1) is 10.3. The molecule has 0 atom stereocenters. The van der Waals surface area contributed by atoms with E-state index in [9.17, 15) is 5.11 Å². The van der Waals surface area contributed by atoms with Gasteiger partial charge >= 0.3 is 0 Å². The Hall–Kier alpha value is -2.95. The molecule has 0 fully saturated rings. The Morgan fingerprint density at radius 2 is 1.86 bits per heavy atom. The Morgan fingerprint density at radius 1 is 1.10 bits per heavy atom. The lowest BCUT2D eigenvalue weighted by Gasteiger charge is -2.25. The average Bonchev–Trinajstić information content (AvgIpc) is 2.53. The average molecular weight is 280 g/mol. The van der Waals surface area contributed by atoms with E-state index in [0.29, 0.717) is 0 Å². The van der Waals surface area contributed by atoms with Crippen molar-refractivity contribution in [3.8, 4) is 5.75 Å². The summed E-state index contributed by atoms with van der Waals surface area (Å²) < 4.78 is 0. The summed E-state index contributed by atoms with van der Waals surface area (Å²) in [6.45, 7) is 0. The van der Waals surface area contributed by atoms with Gasteiger partial charge in [0.1, 0.15) is 5.75 Å². The van der Waals surface area contributed by atoms with Gasteiger partial charge in [0.25, 0.3) is 0 Å². The fourth-order valence-electron chi connectivity index (χ4n) is 2.00. The van der Waals surface area contributed by atoms with Crippen LogP contribution in [-0.2, 0) is 6.42 Å². The molecule has 3 N–H and O–H groups in total. The van der Waals surface area contributed by atoms with Crippen LogP contribution in [0.4, 0.5) is 5.69 Å². The first kappa shape index (κ1) is 13.1. The highest BCUT2D eigenvalue weighted by Gasteiger charge is 2.05. The number of hydrogen-bond acceptors (Lipinski definition) is 5. The third kappa shape index (κ3) is 3.54. The zero-order chi connectivity index (χ0) is 14.5. The van der Waals surface area contributed by atoms with Crippen molar-refractivity contribution in [1.29, 1.82) is 0 Å². The number of phenolic OH excluding ortho intramolecular Hbond substituents is 1. The molecule has 0 bridgehead atoms. The van der Waals surface area contributed by atoms with Crippen molar-refractivity contribution in [2.75, 3.05) is 5.43 Å². The fourth-order valence-corrected chi connectivity index (χ4v) is 2.00. The van der Waals surface area contributed by atoms with Crippen molar-refractivity contribution >= 4 is 5.69 Å². The van der Waals surface area contributed by atoms with Gasteiger partial charge in [0.05, 0.1) is 5.69 Å². The quantitative estimate of drug-likeness (QED) is 0.751. The number of aromatic nitrogens is 1. The van der Waals surface area contributed by atoms with E-state index < -0.39 is 0 Å². The number of nitrogens with zero attached hydrogens (tertiary/aromatic N) is 2. The predicted octanol–water partition coefficient (Wildman–Crippen LogP) is 2.57. The van der Waals surface area contributed by atoms with Crippen LogP contribution in [0.2, 0.25) is 0 Å². The summed E-state index contributed by atoms with van der Waals surface area (Å²) >= 11 is 0. The molecule has 2 aromatic rings. The van der Waals surface area contributed by atoms with Crippen molar-refractivity contribution in [2.24, 2.45) is 0 Å². The zero-order valence-corrected chi connectivity index (χ0v) is 11.4. The Kier molecular flexibility index (Phi) is 3.73. The van der Waals surface area contributed by atoms with Gasteiger partial charge in [0.2, 0.25) is 0 Å². The molecule has 21 heavy (non-hydrogen) atoms. The normalized spacial score (nSPS) is 13.5. The van der Waals surface area contributed by atoms with Gasteiger partial charge in [-0.05, 0) is 60.0 Å². The number of nitrogens with one attached hydrogen (secondary N) is 2. The smallest absolute Gasteiger partial charge is 0.115 e. The van der Waals surface area contributed by atoms with E-state index in [2.05, 4.69) is 15.8 Å². The maximum Gasteiger partial charge on any atom is 0.115 e. The first-order valence-electron chi connectivity index (χ1n) is 6.67. The van der Waals surface area contributed by atoms with Gasteiger partial charge in [-0.15, -0.1) is 0 Å². The highest BCUT2D eigenvalue weighted by Crippen LogP contribution is 2.16. The predicted molar refractivity (Wildman–Crippen MR) is 81.9 cm³/mol. The highest BCUT2D eigenvalue weighted by molar-refractivity contribution is 5.45. The summed E-state index contributed by atoms with van der Waals surface area (Å²) in [6.07, 6.45) is 10.4. The molecule has 2 heterocycles. The summed E-state index contributed by atoms with van der Waals surface area (Å²) in [7, 11) is 0. The Balaban J connectivity index is 1.57. The third-order valence-corrected chi connectivity index (χ3v) is 3.10. The summed E-state index contributed by atoms with van der Waals surface area (Å²) in [5.74, 6) is 0.252. The molecule has 1 aromatic carbocycles. The van der Waals surface area contributed by atoms with E-state index in [4.69, 9.17) is 0 Å². The molecule has 0 spiro atoms. The molecule has 5 nitrogen and oxygen atoms in total. The fraction of sp³-hybridized carbons (Fsp3) is 0.0625. The van der Waals surface area contributed by atoms with Crippen molar-refractivity contribution in [3.63, 3.8) is 0 Å². The van der Waals surface area contributed by atoms with Crippen LogP contribution in [0.5, 0.6) is 5.75 Å². The Labute approximate surface area is 123 Å². The van der Waals surface area contributed by atoms with Crippen LogP contribution in [0.1, 0.15) is 5.56 Å². The van der Waals surface area contributed by atoms with E-state index in [-0.39, 0.29) is 5.75 Å². The minimum Gasteiger partial charge on any atom is -0.508 e. The van der Waals surface area contributed by atoms with E-state index in [1.165, 1.54) is 11.1 Å². The van der Waals surface area contributed by atoms with Gasteiger partial charge in [0.15, 0.2) is 0 Å². The first-order valence-corrected chi connectivity index (χ1v) is 6.67. The molecule has 1 aliphatic rings. The van der Waals surface area contributed by atoms with E-state index in [1.54, 1.807) is 41.8 Å². The van der Waals surface area contributed by atoms with Crippen LogP contribution in [0.3, 0.4) is 0 Å². The van der Waals surface area contributed by atoms with Crippen LogP contribution < -0.4 is 10.9 Å². The number of rotatable bonds is 4. The third-order valence-electron chi connectivity index (χ3n) is 3.10. The van der Waals surface area contributed by atoms with Crippen LogP contribution in [-0.4, -0.2) is 15.2 Å². The lowest BCUT2D eigenvalue weighted by molar-refractivity contribution is 0.373. The molecular weight excluding hydrogens is 264 g/mol. The number of anilines is 1. The van der Waals surface area contributed by atoms with Crippen LogP contribution in [0, 0.1) is 0 Å². The molecule has 106 valence electrons. The second-order valence-corrected chi connectivity index (χ2v) is 4.73. The maximum atomic E-state index is 9.25. The molecule has 1 aliphatic heterocycles. The van der Waals surface area contributed by atoms with Crippen LogP contribution >= 0.6 is 0 Å². The molecule has 3 rings (SSSR count). The van der Waals surface area contributed by atoms with Crippen molar-refractivity contribution in [1.82, 2.24) is 15.5 Å². The maximum absolute atomic E-state index is 9.25. The van der Waals surface area contributed by atoms with Gasteiger partial charge < -0.3 is 5.11 Å². The summed E-state index contributed by atoms with van der Waals surface area (Å²) in [5.41, 5.74) is 9.60.